The van der Waals surface area contributed by atoms with Gasteiger partial charge in [-0.05, 0) is 70.4 Å². The van der Waals surface area contributed by atoms with Crippen molar-refractivity contribution in [3.8, 4) is 5.69 Å². The first-order valence-electron chi connectivity index (χ1n) is 17.1. The van der Waals surface area contributed by atoms with Crippen LogP contribution >= 0.6 is 0 Å². The van der Waals surface area contributed by atoms with Gasteiger partial charge in [0.2, 0.25) is 0 Å². The highest BCUT2D eigenvalue weighted by Gasteiger charge is 2.34. The molecule has 3 heteroatoms. The summed E-state index contributed by atoms with van der Waals surface area (Å²) < 4.78 is 11.5. The van der Waals surface area contributed by atoms with Crippen molar-refractivity contribution in [1.29, 1.82) is 0 Å². The predicted octanol–water partition coefficient (Wildman–Crippen LogP) is 12.2. The number of allylic oxidation sites excluding steroid dienone is 4. The second kappa shape index (κ2) is 9.18. The van der Waals surface area contributed by atoms with Gasteiger partial charge in [0, 0.05) is 50.2 Å². The normalized spacial score (nSPS) is 17.0. The van der Waals surface area contributed by atoms with Crippen molar-refractivity contribution < 1.29 is 4.42 Å². The third-order valence-electron chi connectivity index (χ3n) is 11.2. The summed E-state index contributed by atoms with van der Waals surface area (Å²) in [5.41, 5.74) is 11.9. The van der Waals surface area contributed by atoms with Gasteiger partial charge in [0.25, 0.3) is 0 Å². The third kappa shape index (κ3) is 3.22. The molecule has 0 N–H and O–H groups in total. The topological polar surface area (TPSA) is 23.0 Å². The van der Waals surface area contributed by atoms with E-state index in [0.717, 1.165) is 27.6 Å². The average molecular weight is 625 g/mol. The number of rotatable bonds is 2. The predicted molar refractivity (Wildman–Crippen MR) is 204 cm³/mol. The summed E-state index contributed by atoms with van der Waals surface area (Å²) in [6.45, 7) is 0. The lowest BCUT2D eigenvalue weighted by Crippen LogP contribution is -2.08. The van der Waals surface area contributed by atoms with Crippen LogP contribution in [0.25, 0.3) is 87.7 Å². The van der Waals surface area contributed by atoms with Crippen molar-refractivity contribution in [3.05, 3.63) is 169 Å². The van der Waals surface area contributed by atoms with Crippen LogP contribution in [0.2, 0.25) is 0 Å². The highest BCUT2D eigenvalue weighted by Crippen LogP contribution is 2.52. The zero-order valence-corrected chi connectivity index (χ0v) is 26.5. The molecule has 0 aliphatic heterocycles. The zero-order chi connectivity index (χ0) is 31.8. The Kier molecular flexibility index (Phi) is 4.82. The molecular formula is C46H28N2O. The Labute approximate surface area is 281 Å². The molecule has 3 heterocycles. The van der Waals surface area contributed by atoms with Gasteiger partial charge in [0.1, 0.15) is 11.2 Å². The van der Waals surface area contributed by atoms with Gasteiger partial charge in [-0.15, -0.1) is 0 Å². The lowest BCUT2D eigenvalue weighted by molar-refractivity contribution is 0.669. The van der Waals surface area contributed by atoms with E-state index in [-0.39, 0.29) is 5.92 Å². The Hall–Kier alpha value is -6.32. The molecule has 49 heavy (non-hydrogen) atoms. The van der Waals surface area contributed by atoms with Crippen molar-refractivity contribution >= 4 is 82.0 Å². The molecule has 2 atom stereocenters. The molecule has 0 saturated heterocycles. The van der Waals surface area contributed by atoms with Crippen LogP contribution in [-0.2, 0) is 0 Å². The molecule has 0 bridgehead atoms. The molecular weight excluding hydrogens is 597 g/mol. The fourth-order valence-electron chi connectivity index (χ4n) is 9.32. The van der Waals surface area contributed by atoms with Crippen LogP contribution in [-0.4, -0.2) is 9.13 Å². The van der Waals surface area contributed by atoms with E-state index in [1.54, 1.807) is 0 Å². The Morgan fingerprint density at radius 2 is 1.18 bits per heavy atom. The number of furan rings is 1. The van der Waals surface area contributed by atoms with Gasteiger partial charge in [0.15, 0.2) is 0 Å². The van der Waals surface area contributed by atoms with Gasteiger partial charge >= 0.3 is 0 Å². The molecule has 2 aliphatic rings. The van der Waals surface area contributed by atoms with Crippen molar-refractivity contribution in [2.75, 3.05) is 0 Å². The SMILES string of the molecule is C1=CC2c3cccc4cccc(c34)C2C=C1n1c2ccc3c4ccccc4n(-c4ccccc4)c3c2c2ccc3oc4ccccc4c3c21. The fraction of sp³-hybridized carbons (Fsp3) is 0.0435. The highest BCUT2D eigenvalue weighted by molar-refractivity contribution is 6.31. The Morgan fingerprint density at radius 1 is 0.449 bits per heavy atom. The first-order valence-corrected chi connectivity index (χ1v) is 17.1. The maximum Gasteiger partial charge on any atom is 0.137 e. The molecule has 10 aromatic rings. The van der Waals surface area contributed by atoms with E-state index < -0.39 is 0 Å². The fourth-order valence-corrected chi connectivity index (χ4v) is 9.32. The molecule has 2 unspecified atom stereocenters. The molecule has 0 amide bonds. The van der Waals surface area contributed by atoms with Gasteiger partial charge in [-0.2, -0.15) is 0 Å². The molecule has 3 aromatic heterocycles. The van der Waals surface area contributed by atoms with Crippen LogP contribution in [0.1, 0.15) is 23.0 Å². The van der Waals surface area contributed by atoms with Crippen molar-refractivity contribution in [3.63, 3.8) is 0 Å². The number of hydrogen-bond acceptors (Lipinski definition) is 1. The molecule has 0 spiro atoms. The first kappa shape index (κ1) is 25.7. The van der Waals surface area contributed by atoms with E-state index in [4.69, 9.17) is 4.42 Å². The number of hydrogen-bond donors (Lipinski definition) is 0. The van der Waals surface area contributed by atoms with Crippen LogP contribution < -0.4 is 0 Å². The number of para-hydroxylation sites is 3. The molecule has 0 saturated carbocycles. The van der Waals surface area contributed by atoms with Gasteiger partial charge in [-0.25, -0.2) is 0 Å². The standard InChI is InChI=1S/C46H28N2O/c1-2-12-28(13-3-1)47-38-18-6-4-14-31(38)34-22-24-39-43(45(34)47)36-23-25-41-44(35-15-5-7-19-40(35)49-41)46(36)48(39)29-20-21-30-32-16-8-10-27-11-9-17-33(42(27)32)37(30)26-29/h1-26,30,37H. The van der Waals surface area contributed by atoms with Crippen molar-refractivity contribution in [2.45, 2.75) is 11.8 Å². The summed E-state index contributed by atoms with van der Waals surface area (Å²) in [4.78, 5) is 0. The monoisotopic (exact) mass is 624 g/mol. The number of benzene rings is 7. The Balaban J connectivity index is 1.26. The molecule has 228 valence electrons. The maximum absolute atomic E-state index is 6.52. The molecule has 7 aromatic carbocycles. The maximum atomic E-state index is 6.52. The molecule has 0 radical (unpaired) electrons. The second-order valence-corrected chi connectivity index (χ2v) is 13.6. The minimum Gasteiger partial charge on any atom is -0.456 e. The van der Waals surface area contributed by atoms with Crippen LogP contribution in [0.5, 0.6) is 0 Å². The van der Waals surface area contributed by atoms with Crippen LogP contribution in [0, 0.1) is 0 Å². The highest BCUT2D eigenvalue weighted by atomic mass is 16.3. The van der Waals surface area contributed by atoms with E-state index in [2.05, 4.69) is 167 Å². The Bertz CT molecular complexity index is 3110. The summed E-state index contributed by atoms with van der Waals surface area (Å²) in [7, 11) is 0. The summed E-state index contributed by atoms with van der Waals surface area (Å²) in [6.07, 6.45) is 7.33. The summed E-state index contributed by atoms with van der Waals surface area (Å²) in [5, 5.41) is 10.1. The van der Waals surface area contributed by atoms with E-state index in [1.807, 2.05) is 0 Å². The van der Waals surface area contributed by atoms with Crippen molar-refractivity contribution in [2.24, 2.45) is 0 Å². The lowest BCUT2D eigenvalue weighted by atomic mass is 9.85. The lowest BCUT2D eigenvalue weighted by Gasteiger charge is -2.22. The summed E-state index contributed by atoms with van der Waals surface area (Å²) >= 11 is 0. The average Bonchev–Trinajstić information content (AvgIpc) is 3.89. The summed E-state index contributed by atoms with van der Waals surface area (Å²) in [6, 6.07) is 50.8. The van der Waals surface area contributed by atoms with Gasteiger partial charge in [0.05, 0.1) is 27.5 Å². The second-order valence-electron chi connectivity index (χ2n) is 13.6. The summed E-state index contributed by atoms with van der Waals surface area (Å²) in [5.74, 6) is 0.605. The van der Waals surface area contributed by atoms with Crippen LogP contribution in [0.15, 0.2) is 162 Å². The van der Waals surface area contributed by atoms with E-state index in [0.29, 0.717) is 5.92 Å². The van der Waals surface area contributed by atoms with E-state index in [1.165, 1.54) is 71.2 Å². The quantitative estimate of drug-likeness (QED) is 0.188. The van der Waals surface area contributed by atoms with Crippen LogP contribution in [0.4, 0.5) is 0 Å². The minimum atomic E-state index is 0.272. The van der Waals surface area contributed by atoms with Crippen molar-refractivity contribution in [1.82, 2.24) is 9.13 Å². The number of fused-ring (bicyclic) bond motifs is 14. The van der Waals surface area contributed by atoms with E-state index in [9.17, 15) is 0 Å². The van der Waals surface area contributed by atoms with Crippen LogP contribution in [0.3, 0.4) is 0 Å². The first-order chi connectivity index (χ1) is 24.3. The molecule has 3 nitrogen and oxygen atoms in total. The third-order valence-corrected chi connectivity index (χ3v) is 11.2. The Morgan fingerprint density at radius 3 is 2.06 bits per heavy atom. The zero-order valence-electron chi connectivity index (χ0n) is 26.5. The van der Waals surface area contributed by atoms with E-state index >= 15 is 0 Å². The van der Waals surface area contributed by atoms with Gasteiger partial charge in [-0.1, -0.05) is 109 Å². The smallest absolute Gasteiger partial charge is 0.137 e. The number of aromatic nitrogens is 2. The largest absolute Gasteiger partial charge is 0.456 e. The molecule has 0 fully saturated rings. The molecule has 12 rings (SSSR count). The van der Waals surface area contributed by atoms with Gasteiger partial charge < -0.3 is 13.6 Å². The van der Waals surface area contributed by atoms with Gasteiger partial charge in [-0.3, -0.25) is 0 Å². The molecule has 2 aliphatic carbocycles. The minimum absolute atomic E-state index is 0.272. The number of nitrogens with zero attached hydrogens (tertiary/aromatic N) is 2.